The maximum atomic E-state index is 12.7. The smallest absolute Gasteiger partial charge is 0.294 e. The van der Waals surface area contributed by atoms with Crippen molar-refractivity contribution in [3.63, 3.8) is 0 Å². The number of nitrogens with one attached hydrogen (secondary N) is 2. The molecule has 2 aromatic rings. The normalized spacial score (nSPS) is 17.6. The second kappa shape index (κ2) is 24.9. The molecule has 2 aliphatic heterocycles. The van der Waals surface area contributed by atoms with E-state index in [1.165, 1.54) is 36.4 Å². The summed E-state index contributed by atoms with van der Waals surface area (Å²) >= 11 is 0. The zero-order valence-electron chi connectivity index (χ0n) is 39.2. The third-order valence-electron chi connectivity index (χ3n) is 11.9. The van der Waals surface area contributed by atoms with Gasteiger partial charge in [-0.15, -0.1) is 0 Å². The molecule has 26 heteroatoms. The van der Waals surface area contributed by atoms with E-state index in [4.69, 9.17) is 10.3 Å². The van der Waals surface area contributed by atoms with Gasteiger partial charge in [0.15, 0.2) is 5.71 Å². The van der Waals surface area contributed by atoms with Crippen LogP contribution < -0.4 is 15.5 Å². The zero-order valence-corrected chi connectivity index (χ0v) is 42.5. The summed E-state index contributed by atoms with van der Waals surface area (Å²) in [5, 5.41) is 8.92. The van der Waals surface area contributed by atoms with Gasteiger partial charge in [0.1, 0.15) is 6.54 Å². The molecule has 386 valence electrons. The zero-order chi connectivity index (χ0) is 52.0. The van der Waals surface area contributed by atoms with Gasteiger partial charge in [-0.05, 0) is 94.0 Å². The molecule has 1 unspecified atom stereocenters. The number of fused-ring (bicyclic) bond motifs is 2. The molecule has 1 atom stereocenters. The highest BCUT2D eigenvalue weighted by atomic mass is 32.2. The van der Waals surface area contributed by atoms with E-state index in [0.717, 1.165) is 0 Å². The summed E-state index contributed by atoms with van der Waals surface area (Å²) in [7, 11) is -17.8. The molecule has 0 saturated carbocycles. The van der Waals surface area contributed by atoms with Crippen molar-refractivity contribution in [2.24, 2.45) is 5.11 Å². The molecule has 22 nitrogen and oxygen atoms in total. The van der Waals surface area contributed by atoms with Gasteiger partial charge in [0.2, 0.25) is 17.5 Å². The lowest BCUT2D eigenvalue weighted by Crippen LogP contribution is -2.30. The predicted octanol–water partition coefficient (Wildman–Crippen LogP) is 5.18. The van der Waals surface area contributed by atoms with Crippen molar-refractivity contribution < 1.29 is 70.8 Å². The number of rotatable bonds is 29. The van der Waals surface area contributed by atoms with Gasteiger partial charge in [0.05, 0.1) is 39.9 Å². The van der Waals surface area contributed by atoms with Crippen LogP contribution in [0.4, 0.5) is 11.4 Å². The van der Waals surface area contributed by atoms with Crippen LogP contribution in [0.3, 0.4) is 0 Å². The van der Waals surface area contributed by atoms with Crippen LogP contribution in [-0.2, 0) is 65.6 Å². The fourth-order valence-corrected chi connectivity index (χ4v) is 10.5. The molecule has 0 fully saturated rings. The van der Waals surface area contributed by atoms with Crippen molar-refractivity contribution in [2.75, 3.05) is 62.3 Å². The highest BCUT2D eigenvalue weighted by Crippen LogP contribution is 2.51. The summed E-state index contributed by atoms with van der Waals surface area (Å²) in [5.41, 5.74) is 9.98. The lowest BCUT2D eigenvalue weighted by atomic mass is 9.77. The van der Waals surface area contributed by atoms with Crippen LogP contribution in [0.2, 0.25) is 0 Å². The van der Waals surface area contributed by atoms with Crippen LogP contribution in [0, 0.1) is 0 Å². The van der Waals surface area contributed by atoms with Crippen molar-refractivity contribution in [2.45, 2.75) is 99.2 Å². The van der Waals surface area contributed by atoms with Gasteiger partial charge >= 0.3 is 0 Å². The number of azide groups is 1. The first kappa shape index (κ1) is 57.6. The molecule has 4 rings (SSSR count). The molecular weight excluding hydrogens is 995 g/mol. The van der Waals surface area contributed by atoms with Crippen LogP contribution in [-0.4, -0.2) is 131 Å². The first-order valence-corrected chi connectivity index (χ1v) is 28.5. The maximum absolute atomic E-state index is 12.7. The number of unbranched alkanes of at least 4 members (excludes halogenated alkanes) is 2. The number of carbonyl (C=O) groups excluding carboxylic acids is 2. The SMILES string of the molecule is CC1(C)C(/C=C/C=C/C=C2\N(CCCS(=O)(=O)O)c3ccc(S(=O)(=O)O)cc3C2(C)CCCCCC(=O)NCCCNC(=O)CCOCCN=[N+]=[N-])=[N+](CCCS(=O)(=O)O)c2ccc(S(=O)(=O)O)cc21. The highest BCUT2D eigenvalue weighted by molar-refractivity contribution is 7.86. The van der Waals surface area contributed by atoms with Crippen LogP contribution in [0.5, 0.6) is 0 Å². The molecule has 70 heavy (non-hydrogen) atoms. The second-order valence-corrected chi connectivity index (χ2v) is 23.4. The minimum Gasteiger partial charge on any atom is -0.381 e. The van der Waals surface area contributed by atoms with E-state index < -0.39 is 62.8 Å². The Bertz CT molecular complexity index is 2880. The molecule has 0 aliphatic carbocycles. The summed E-state index contributed by atoms with van der Waals surface area (Å²) in [6.45, 7) is 7.04. The largest absolute Gasteiger partial charge is 0.381 e. The predicted molar refractivity (Wildman–Crippen MR) is 262 cm³/mol. The number of amides is 2. The molecule has 0 aromatic heterocycles. The fourth-order valence-electron chi connectivity index (χ4n) is 8.50. The molecule has 0 bridgehead atoms. The third-order valence-corrected chi connectivity index (χ3v) is 15.2. The second-order valence-electron chi connectivity index (χ2n) is 17.5. The van der Waals surface area contributed by atoms with Crippen molar-refractivity contribution in [1.82, 2.24) is 10.6 Å². The van der Waals surface area contributed by atoms with E-state index in [9.17, 15) is 61.5 Å². The molecule has 0 saturated heterocycles. The number of anilines is 1. The molecule has 2 aromatic carbocycles. The summed E-state index contributed by atoms with van der Waals surface area (Å²) in [5.74, 6) is -1.47. The average molecular weight is 1060 g/mol. The van der Waals surface area contributed by atoms with E-state index in [2.05, 4.69) is 20.7 Å². The Kier molecular flexibility index (Phi) is 20.5. The van der Waals surface area contributed by atoms with E-state index in [0.29, 0.717) is 79.1 Å². The first-order chi connectivity index (χ1) is 32.7. The monoisotopic (exact) mass is 1060 g/mol. The Morgan fingerprint density at radius 1 is 0.757 bits per heavy atom. The number of hydrogen-bond acceptors (Lipinski definition) is 13. The van der Waals surface area contributed by atoms with Crippen molar-refractivity contribution in [3.8, 4) is 0 Å². The first-order valence-electron chi connectivity index (χ1n) is 22.4. The Labute approximate surface area is 409 Å². The number of ether oxygens (including phenoxy) is 1. The minimum atomic E-state index is -4.64. The topological polar surface area (TPSA) is 340 Å². The molecule has 0 radical (unpaired) electrons. The Balaban J connectivity index is 1.54. The van der Waals surface area contributed by atoms with Crippen LogP contribution in [0.1, 0.15) is 89.7 Å². The Morgan fingerprint density at radius 3 is 2.00 bits per heavy atom. The Hall–Kier alpha value is -5.02. The molecular formula is C44H62N7O15S4+. The van der Waals surface area contributed by atoms with Gasteiger partial charge in [-0.3, -0.25) is 27.8 Å². The molecule has 0 spiro atoms. The number of allylic oxidation sites excluding steroid dienone is 6. The Morgan fingerprint density at radius 2 is 1.37 bits per heavy atom. The molecule has 2 amide bonds. The summed E-state index contributed by atoms with van der Waals surface area (Å²) in [6.07, 6.45) is 11.6. The number of hydrogen-bond donors (Lipinski definition) is 6. The van der Waals surface area contributed by atoms with Gasteiger partial charge < -0.3 is 20.3 Å². The fraction of sp³-hybridized carbons (Fsp3) is 0.523. The van der Waals surface area contributed by atoms with Crippen molar-refractivity contribution in [1.29, 1.82) is 0 Å². The van der Waals surface area contributed by atoms with Gasteiger partial charge in [-0.1, -0.05) is 36.2 Å². The van der Waals surface area contributed by atoms with E-state index >= 15 is 0 Å². The minimum absolute atomic E-state index is 0.00621. The number of carbonyl (C=O) groups is 2. The van der Waals surface area contributed by atoms with Crippen LogP contribution >= 0.6 is 0 Å². The van der Waals surface area contributed by atoms with Crippen molar-refractivity contribution in [3.05, 3.63) is 94.0 Å². The van der Waals surface area contributed by atoms with Gasteiger partial charge in [-0.2, -0.15) is 38.2 Å². The molecule has 2 heterocycles. The van der Waals surface area contributed by atoms with Crippen LogP contribution in [0.15, 0.2) is 87.4 Å². The maximum Gasteiger partial charge on any atom is 0.294 e. The van der Waals surface area contributed by atoms with Gasteiger partial charge in [0.25, 0.3) is 40.5 Å². The van der Waals surface area contributed by atoms with Gasteiger partial charge in [-0.25, -0.2) is 0 Å². The van der Waals surface area contributed by atoms with E-state index in [-0.39, 0.29) is 80.1 Å². The van der Waals surface area contributed by atoms with E-state index in [1.807, 2.05) is 25.7 Å². The highest BCUT2D eigenvalue weighted by Gasteiger charge is 2.46. The number of nitrogens with zero attached hydrogens (tertiary/aromatic N) is 5. The van der Waals surface area contributed by atoms with Crippen LogP contribution in [0.25, 0.3) is 10.4 Å². The molecule has 2 aliphatic rings. The van der Waals surface area contributed by atoms with Crippen molar-refractivity contribution >= 4 is 69.4 Å². The van der Waals surface area contributed by atoms with E-state index in [1.54, 1.807) is 35.0 Å². The van der Waals surface area contributed by atoms with Gasteiger partial charge in [0, 0.05) is 84.9 Å². The lowest BCUT2D eigenvalue weighted by Gasteiger charge is -2.30. The third kappa shape index (κ3) is 16.8. The summed E-state index contributed by atoms with van der Waals surface area (Å²) < 4.78 is 141. The number of benzene rings is 2. The summed E-state index contributed by atoms with van der Waals surface area (Å²) in [4.78, 5) is 28.4. The standard InChI is InChI=1S/C44H61N7O15S4/c1-43(2)35-31-33(69(60,61)62)16-18-37(35)50(25-11-29-67(54,55)56)39(43)13-6-4-7-14-40-44(3,36-32-34(70(63,64)65)17-19-38(36)51(40)26-12-30-68(57,58)59)21-9-5-8-15-41(52)46-22-10-23-47-42(53)20-27-66-28-24-48-49-45/h4,6-7,13-14,16-19,31-32H,5,8-12,15,20-30H2,1-3H3,(H5-,46,47,52,53,54,55,56,57,58,59,60,61,62,63,64,65)/p+1. The summed E-state index contributed by atoms with van der Waals surface area (Å²) in [6, 6.07) is 8.25. The quantitative estimate of drug-likeness (QED) is 0.0116. The lowest BCUT2D eigenvalue weighted by molar-refractivity contribution is -0.437. The average Bonchev–Trinajstić information content (AvgIpc) is 3.61. The molecule has 6 N–H and O–H groups in total.